The number of hydrogen-bond acceptors (Lipinski definition) is 6. The number of alkyl halides is 3. The molecule has 0 aromatic heterocycles. The van der Waals surface area contributed by atoms with E-state index in [0.717, 1.165) is 32.3 Å². The summed E-state index contributed by atoms with van der Waals surface area (Å²) in [6.07, 6.45) is 0.887. The second kappa shape index (κ2) is 8.20. The van der Waals surface area contributed by atoms with Gasteiger partial charge in [0.25, 0.3) is 0 Å². The molecule has 0 fully saturated rings. The number of esters is 2. The number of aryl methyl sites for hydroxylation is 1. The Balaban J connectivity index is 2.79. The molecular formula is C19H18F3NO5. The molecule has 28 heavy (non-hydrogen) atoms. The number of nitrogens with zero attached hydrogens (tertiary/aromatic N) is 1. The van der Waals surface area contributed by atoms with Gasteiger partial charge in [0.05, 0.1) is 32.5 Å². The maximum atomic E-state index is 13.5. The third-order valence-corrected chi connectivity index (χ3v) is 3.94. The molecule has 6 nitrogen and oxygen atoms in total. The van der Waals surface area contributed by atoms with Crippen LogP contribution in [0.1, 0.15) is 11.1 Å². The topological polar surface area (TPSA) is 65.1 Å². The molecule has 0 aliphatic carbocycles. The van der Waals surface area contributed by atoms with E-state index < -0.39 is 23.7 Å². The first kappa shape index (κ1) is 21.1. The zero-order chi connectivity index (χ0) is 21.1. The molecule has 1 heterocycles. The predicted octanol–water partition coefficient (Wildman–Crippen LogP) is 3.51. The highest BCUT2D eigenvalue weighted by Crippen LogP contribution is 2.41. The van der Waals surface area contributed by atoms with Crippen LogP contribution in [0.2, 0.25) is 0 Å². The maximum absolute atomic E-state index is 13.5. The van der Waals surface area contributed by atoms with Crippen LogP contribution in [0.4, 0.5) is 18.9 Å². The minimum Gasteiger partial charge on any atom is -0.496 e. The van der Waals surface area contributed by atoms with Crippen LogP contribution in [-0.2, 0) is 25.2 Å². The number of carbonyl (C=O) groups excluding carboxylic acids is 2. The molecule has 0 N–H and O–H groups in total. The molecule has 2 rings (SSSR count). The van der Waals surface area contributed by atoms with Gasteiger partial charge in [-0.2, -0.15) is 13.2 Å². The smallest absolute Gasteiger partial charge is 0.420 e. The molecule has 0 atom stereocenters. The third-order valence-electron chi connectivity index (χ3n) is 3.94. The van der Waals surface area contributed by atoms with Gasteiger partial charge in [-0.3, -0.25) is 0 Å². The number of halogens is 3. The summed E-state index contributed by atoms with van der Waals surface area (Å²) in [5.41, 5.74) is -1.27. The van der Waals surface area contributed by atoms with Crippen LogP contribution in [0.25, 0.3) is 0 Å². The first-order chi connectivity index (χ1) is 13.1. The van der Waals surface area contributed by atoms with Crippen molar-refractivity contribution in [3.05, 3.63) is 59.0 Å². The number of anilines is 1. The van der Waals surface area contributed by atoms with Crippen LogP contribution in [0, 0.1) is 6.92 Å². The number of allylic oxidation sites excluding steroid dienone is 2. The second-order valence-electron chi connectivity index (χ2n) is 5.66. The molecule has 0 spiro atoms. The minimum absolute atomic E-state index is 0.00706. The number of rotatable bonds is 4. The average molecular weight is 397 g/mol. The van der Waals surface area contributed by atoms with Crippen molar-refractivity contribution in [2.45, 2.75) is 13.1 Å². The lowest BCUT2D eigenvalue weighted by Crippen LogP contribution is -2.27. The van der Waals surface area contributed by atoms with Crippen molar-refractivity contribution in [1.82, 2.24) is 0 Å². The summed E-state index contributed by atoms with van der Waals surface area (Å²) in [6, 6.07) is 2.24. The van der Waals surface area contributed by atoms with Crippen molar-refractivity contribution in [2.24, 2.45) is 0 Å². The van der Waals surface area contributed by atoms with E-state index in [2.05, 4.69) is 4.74 Å². The molecule has 0 unspecified atom stereocenters. The summed E-state index contributed by atoms with van der Waals surface area (Å²) < 4.78 is 54.9. The van der Waals surface area contributed by atoms with Crippen LogP contribution >= 0.6 is 0 Å². The van der Waals surface area contributed by atoms with Gasteiger partial charge in [-0.05, 0) is 36.8 Å². The van der Waals surface area contributed by atoms with E-state index in [1.165, 1.54) is 37.4 Å². The van der Waals surface area contributed by atoms with Crippen molar-refractivity contribution in [3.8, 4) is 5.75 Å². The largest absolute Gasteiger partial charge is 0.496 e. The van der Waals surface area contributed by atoms with Gasteiger partial charge >= 0.3 is 18.1 Å². The molecular weight excluding hydrogens is 379 g/mol. The Morgan fingerprint density at radius 3 is 2.18 bits per heavy atom. The van der Waals surface area contributed by atoms with Crippen LogP contribution in [0.5, 0.6) is 5.75 Å². The van der Waals surface area contributed by atoms with E-state index in [-0.39, 0.29) is 28.3 Å². The Morgan fingerprint density at radius 2 is 1.64 bits per heavy atom. The van der Waals surface area contributed by atoms with Crippen LogP contribution in [0.3, 0.4) is 0 Å². The first-order valence-corrected chi connectivity index (χ1v) is 7.96. The lowest BCUT2D eigenvalue weighted by Gasteiger charge is -2.25. The van der Waals surface area contributed by atoms with Crippen LogP contribution in [-0.4, -0.2) is 33.3 Å². The number of carbonyl (C=O) groups is 2. The van der Waals surface area contributed by atoms with Crippen molar-refractivity contribution >= 4 is 17.6 Å². The molecule has 1 aliphatic heterocycles. The van der Waals surface area contributed by atoms with Gasteiger partial charge in [0, 0.05) is 11.9 Å². The maximum Gasteiger partial charge on any atom is 0.420 e. The lowest BCUT2D eigenvalue weighted by atomic mass is 10.1. The second-order valence-corrected chi connectivity index (χ2v) is 5.66. The molecule has 0 saturated heterocycles. The molecule has 0 amide bonds. The van der Waals surface area contributed by atoms with Crippen molar-refractivity contribution in [3.63, 3.8) is 0 Å². The van der Waals surface area contributed by atoms with E-state index in [1.807, 2.05) is 0 Å². The van der Waals surface area contributed by atoms with Gasteiger partial charge in [0.2, 0.25) is 0 Å². The zero-order valence-corrected chi connectivity index (χ0v) is 15.6. The Labute approximate surface area is 159 Å². The van der Waals surface area contributed by atoms with E-state index in [9.17, 15) is 22.8 Å². The normalized spacial score (nSPS) is 14.0. The van der Waals surface area contributed by atoms with Crippen molar-refractivity contribution < 1.29 is 37.0 Å². The molecule has 0 radical (unpaired) electrons. The number of methoxy groups -OCH3 is 3. The Hall–Kier alpha value is -3.23. The van der Waals surface area contributed by atoms with E-state index in [1.54, 1.807) is 0 Å². The van der Waals surface area contributed by atoms with Gasteiger partial charge in [-0.25, -0.2) is 9.59 Å². The zero-order valence-electron chi connectivity index (χ0n) is 15.6. The Kier molecular flexibility index (Phi) is 6.17. The lowest BCUT2D eigenvalue weighted by molar-refractivity contribution is -0.139. The van der Waals surface area contributed by atoms with Gasteiger partial charge in [0.1, 0.15) is 11.4 Å². The Bertz CT molecular complexity index is 884. The Morgan fingerprint density at radius 1 is 1.00 bits per heavy atom. The average Bonchev–Trinajstić information content (AvgIpc) is 2.88. The van der Waals surface area contributed by atoms with Crippen molar-refractivity contribution in [2.75, 3.05) is 26.2 Å². The fourth-order valence-corrected chi connectivity index (χ4v) is 2.74. The molecule has 1 aromatic rings. The SMILES string of the molecule is COC(=O)C1=C(C(=O)OC)N(c2cc(C)c(OC)c(C(F)(F)F)c2)C=CC=C1. The molecule has 0 bridgehead atoms. The van der Waals surface area contributed by atoms with E-state index in [4.69, 9.17) is 9.47 Å². The van der Waals surface area contributed by atoms with Gasteiger partial charge < -0.3 is 19.1 Å². The summed E-state index contributed by atoms with van der Waals surface area (Å²) in [5, 5.41) is 0. The van der Waals surface area contributed by atoms with Crippen molar-refractivity contribution in [1.29, 1.82) is 0 Å². The summed E-state index contributed by atoms with van der Waals surface area (Å²) in [5.74, 6) is -2.09. The summed E-state index contributed by atoms with van der Waals surface area (Å²) in [6.45, 7) is 1.44. The predicted molar refractivity (Wildman–Crippen MR) is 94.6 cm³/mol. The fraction of sp³-hybridized carbons (Fsp3) is 0.263. The van der Waals surface area contributed by atoms with Crippen LogP contribution in [0.15, 0.2) is 47.8 Å². The molecule has 9 heteroatoms. The van der Waals surface area contributed by atoms with E-state index in [0.29, 0.717) is 0 Å². The molecule has 0 saturated carbocycles. The number of ether oxygens (including phenoxy) is 3. The van der Waals surface area contributed by atoms with E-state index >= 15 is 0 Å². The molecule has 1 aromatic carbocycles. The monoisotopic (exact) mass is 397 g/mol. The minimum atomic E-state index is -4.69. The fourth-order valence-electron chi connectivity index (χ4n) is 2.74. The highest BCUT2D eigenvalue weighted by Gasteiger charge is 2.37. The van der Waals surface area contributed by atoms with Crippen LogP contribution < -0.4 is 9.64 Å². The summed E-state index contributed by atoms with van der Waals surface area (Å²) in [4.78, 5) is 25.6. The summed E-state index contributed by atoms with van der Waals surface area (Å²) in [7, 11) is 3.36. The van der Waals surface area contributed by atoms with Gasteiger partial charge in [-0.1, -0.05) is 6.08 Å². The standard InChI is InChI=1S/C19H18F3NO5/c1-11-9-12(10-14(16(11)26-2)19(20,21)22)23-8-6-5-7-13(17(24)27-3)15(23)18(25)28-4/h5-10H,1-4H3. The quantitative estimate of drug-likeness (QED) is 0.725. The third kappa shape index (κ3) is 4.03. The highest BCUT2D eigenvalue weighted by atomic mass is 19.4. The first-order valence-electron chi connectivity index (χ1n) is 7.96. The highest BCUT2D eigenvalue weighted by molar-refractivity contribution is 6.05. The number of benzene rings is 1. The molecule has 150 valence electrons. The van der Waals surface area contributed by atoms with Gasteiger partial charge in [-0.15, -0.1) is 0 Å². The molecule has 1 aliphatic rings. The summed E-state index contributed by atoms with van der Waals surface area (Å²) >= 11 is 0. The van der Waals surface area contributed by atoms with Gasteiger partial charge in [0.15, 0.2) is 0 Å². The number of hydrogen-bond donors (Lipinski definition) is 0.